The fourth-order valence-electron chi connectivity index (χ4n) is 1.65. The standard InChI is InChI=1S/C13H8Cl2FNO2/c14-10-3-1-2-9(12(10)15)8-4-7(5-11(18)19)13(16)17-6-8/h1-4,6H,5H2,(H,18,19). The Labute approximate surface area is 118 Å². The third-order valence-electron chi connectivity index (χ3n) is 2.52. The van der Waals surface area contributed by atoms with Gasteiger partial charge in [0, 0.05) is 22.9 Å². The predicted octanol–water partition coefficient (Wildman–Crippen LogP) is 3.82. The Kier molecular flexibility index (Phi) is 4.02. The molecule has 0 atom stereocenters. The average molecular weight is 300 g/mol. The molecular weight excluding hydrogens is 292 g/mol. The summed E-state index contributed by atoms with van der Waals surface area (Å²) in [5.41, 5.74) is 1.10. The number of pyridine rings is 1. The predicted molar refractivity (Wildman–Crippen MR) is 71.0 cm³/mol. The number of nitrogens with zero attached hydrogens (tertiary/aromatic N) is 1. The van der Waals surface area contributed by atoms with Crippen LogP contribution in [0.15, 0.2) is 30.5 Å². The van der Waals surface area contributed by atoms with Crippen molar-refractivity contribution in [3.8, 4) is 11.1 Å². The van der Waals surface area contributed by atoms with Crippen molar-refractivity contribution >= 4 is 29.2 Å². The highest BCUT2D eigenvalue weighted by Gasteiger charge is 2.12. The van der Waals surface area contributed by atoms with Gasteiger partial charge in [0.1, 0.15) is 0 Å². The van der Waals surface area contributed by atoms with Gasteiger partial charge in [-0.3, -0.25) is 4.79 Å². The number of benzene rings is 1. The van der Waals surface area contributed by atoms with Crippen LogP contribution in [0.2, 0.25) is 10.0 Å². The van der Waals surface area contributed by atoms with Crippen LogP contribution in [0.5, 0.6) is 0 Å². The third kappa shape index (κ3) is 3.03. The second kappa shape index (κ2) is 5.55. The van der Waals surface area contributed by atoms with Crippen molar-refractivity contribution in [1.82, 2.24) is 4.98 Å². The highest BCUT2D eigenvalue weighted by Crippen LogP contribution is 2.33. The van der Waals surface area contributed by atoms with E-state index in [1.165, 1.54) is 12.3 Å². The van der Waals surface area contributed by atoms with Crippen LogP contribution in [-0.2, 0) is 11.2 Å². The molecule has 0 aliphatic heterocycles. The van der Waals surface area contributed by atoms with Gasteiger partial charge in [0.15, 0.2) is 0 Å². The summed E-state index contributed by atoms with van der Waals surface area (Å²) in [6.07, 6.45) is 0.850. The Morgan fingerprint density at radius 1 is 1.37 bits per heavy atom. The topological polar surface area (TPSA) is 50.2 Å². The maximum Gasteiger partial charge on any atom is 0.307 e. The van der Waals surface area contributed by atoms with Crippen LogP contribution in [0, 0.1) is 5.95 Å². The molecule has 0 unspecified atom stereocenters. The summed E-state index contributed by atoms with van der Waals surface area (Å²) in [7, 11) is 0. The van der Waals surface area contributed by atoms with E-state index in [0.29, 0.717) is 21.2 Å². The van der Waals surface area contributed by atoms with Gasteiger partial charge in [0.25, 0.3) is 0 Å². The first-order valence-electron chi connectivity index (χ1n) is 5.29. The summed E-state index contributed by atoms with van der Waals surface area (Å²) in [6.45, 7) is 0. The highest BCUT2D eigenvalue weighted by molar-refractivity contribution is 6.43. The Balaban J connectivity index is 2.51. The van der Waals surface area contributed by atoms with Gasteiger partial charge >= 0.3 is 5.97 Å². The van der Waals surface area contributed by atoms with Gasteiger partial charge in [-0.2, -0.15) is 4.39 Å². The van der Waals surface area contributed by atoms with E-state index in [2.05, 4.69) is 4.98 Å². The molecule has 2 rings (SSSR count). The van der Waals surface area contributed by atoms with Crippen molar-refractivity contribution in [2.75, 3.05) is 0 Å². The molecule has 0 aliphatic rings. The zero-order valence-corrected chi connectivity index (χ0v) is 11.0. The Morgan fingerprint density at radius 3 is 2.79 bits per heavy atom. The molecule has 1 heterocycles. The molecule has 98 valence electrons. The van der Waals surface area contributed by atoms with E-state index < -0.39 is 18.3 Å². The number of carboxylic acids is 1. The molecule has 0 spiro atoms. The number of carboxylic acid groups (broad SMARTS) is 1. The Bertz CT molecular complexity index is 647. The van der Waals surface area contributed by atoms with E-state index in [1.807, 2.05) is 0 Å². The molecule has 0 bridgehead atoms. The van der Waals surface area contributed by atoms with E-state index in [4.69, 9.17) is 28.3 Å². The van der Waals surface area contributed by atoms with Gasteiger partial charge in [0.05, 0.1) is 16.5 Å². The van der Waals surface area contributed by atoms with Gasteiger partial charge in [0.2, 0.25) is 5.95 Å². The van der Waals surface area contributed by atoms with Crippen LogP contribution in [0.1, 0.15) is 5.56 Å². The molecule has 0 saturated heterocycles. The monoisotopic (exact) mass is 299 g/mol. The lowest BCUT2D eigenvalue weighted by Crippen LogP contribution is -2.04. The van der Waals surface area contributed by atoms with Crippen molar-refractivity contribution in [2.24, 2.45) is 0 Å². The normalized spacial score (nSPS) is 10.5. The van der Waals surface area contributed by atoms with Gasteiger partial charge in [-0.25, -0.2) is 4.98 Å². The quantitative estimate of drug-likeness (QED) is 0.877. The van der Waals surface area contributed by atoms with Crippen LogP contribution in [-0.4, -0.2) is 16.1 Å². The van der Waals surface area contributed by atoms with Crippen molar-refractivity contribution in [3.63, 3.8) is 0 Å². The van der Waals surface area contributed by atoms with Crippen LogP contribution < -0.4 is 0 Å². The van der Waals surface area contributed by atoms with Gasteiger partial charge in [-0.05, 0) is 12.1 Å². The van der Waals surface area contributed by atoms with Crippen molar-refractivity contribution in [1.29, 1.82) is 0 Å². The zero-order valence-electron chi connectivity index (χ0n) is 9.53. The fraction of sp³-hybridized carbons (Fsp3) is 0.0769. The first-order chi connectivity index (χ1) is 8.99. The summed E-state index contributed by atoms with van der Waals surface area (Å²) in [5.74, 6) is -1.93. The minimum absolute atomic E-state index is 0.000965. The second-order valence-electron chi connectivity index (χ2n) is 3.85. The van der Waals surface area contributed by atoms with Gasteiger partial charge < -0.3 is 5.11 Å². The molecular formula is C13H8Cl2FNO2. The maximum atomic E-state index is 13.4. The van der Waals surface area contributed by atoms with Crippen LogP contribution in [0.3, 0.4) is 0 Å². The molecule has 0 aliphatic carbocycles. The van der Waals surface area contributed by atoms with E-state index in [1.54, 1.807) is 18.2 Å². The summed E-state index contributed by atoms with van der Waals surface area (Å²) in [4.78, 5) is 14.2. The number of aromatic nitrogens is 1. The second-order valence-corrected chi connectivity index (χ2v) is 4.63. The fourth-order valence-corrected chi connectivity index (χ4v) is 2.06. The van der Waals surface area contributed by atoms with Gasteiger partial charge in [-0.15, -0.1) is 0 Å². The lowest BCUT2D eigenvalue weighted by Gasteiger charge is -2.07. The molecule has 0 radical (unpaired) electrons. The molecule has 1 aromatic carbocycles. The van der Waals surface area contributed by atoms with E-state index in [0.717, 1.165) is 0 Å². The average Bonchev–Trinajstić information content (AvgIpc) is 2.35. The number of aliphatic carboxylic acids is 1. The first kappa shape index (κ1) is 13.8. The van der Waals surface area contributed by atoms with Crippen molar-refractivity contribution < 1.29 is 14.3 Å². The number of carbonyl (C=O) groups is 1. The number of halogens is 3. The summed E-state index contributed by atoms with van der Waals surface area (Å²) < 4.78 is 13.4. The van der Waals surface area contributed by atoms with Crippen LogP contribution >= 0.6 is 23.2 Å². The number of rotatable bonds is 3. The Morgan fingerprint density at radius 2 is 2.11 bits per heavy atom. The van der Waals surface area contributed by atoms with E-state index in [-0.39, 0.29) is 5.56 Å². The molecule has 0 amide bonds. The molecule has 2 aromatic rings. The zero-order chi connectivity index (χ0) is 14.0. The van der Waals surface area contributed by atoms with Crippen LogP contribution in [0.25, 0.3) is 11.1 Å². The van der Waals surface area contributed by atoms with Gasteiger partial charge in [-0.1, -0.05) is 35.3 Å². The SMILES string of the molecule is O=C(O)Cc1cc(-c2cccc(Cl)c2Cl)cnc1F. The minimum atomic E-state index is -1.13. The number of hydrogen-bond donors (Lipinski definition) is 1. The first-order valence-corrected chi connectivity index (χ1v) is 6.05. The molecule has 3 nitrogen and oxygen atoms in total. The minimum Gasteiger partial charge on any atom is -0.481 e. The number of hydrogen-bond acceptors (Lipinski definition) is 2. The molecule has 1 N–H and O–H groups in total. The largest absolute Gasteiger partial charge is 0.481 e. The third-order valence-corrected chi connectivity index (χ3v) is 3.33. The lowest BCUT2D eigenvalue weighted by molar-refractivity contribution is -0.136. The molecule has 1 aromatic heterocycles. The Hall–Kier alpha value is -1.65. The molecule has 19 heavy (non-hydrogen) atoms. The summed E-state index contributed by atoms with van der Waals surface area (Å²) in [6, 6.07) is 6.44. The smallest absolute Gasteiger partial charge is 0.307 e. The summed E-state index contributed by atoms with van der Waals surface area (Å²) in [5, 5.41) is 9.39. The summed E-state index contributed by atoms with van der Waals surface area (Å²) >= 11 is 12.0. The molecule has 0 saturated carbocycles. The van der Waals surface area contributed by atoms with Crippen LogP contribution in [0.4, 0.5) is 4.39 Å². The lowest BCUT2D eigenvalue weighted by atomic mass is 10.0. The highest BCUT2D eigenvalue weighted by atomic mass is 35.5. The van der Waals surface area contributed by atoms with E-state index >= 15 is 0 Å². The van der Waals surface area contributed by atoms with E-state index in [9.17, 15) is 9.18 Å². The maximum absolute atomic E-state index is 13.4. The molecule has 6 heteroatoms. The van der Waals surface area contributed by atoms with Crippen molar-refractivity contribution in [2.45, 2.75) is 6.42 Å². The molecule has 0 fully saturated rings. The van der Waals surface area contributed by atoms with Crippen molar-refractivity contribution in [3.05, 3.63) is 52.0 Å².